The van der Waals surface area contributed by atoms with Gasteiger partial charge in [0, 0.05) is 14.6 Å². The van der Waals surface area contributed by atoms with Crippen molar-refractivity contribution in [1.82, 2.24) is 5.32 Å². The highest BCUT2D eigenvalue weighted by Crippen LogP contribution is 2.23. The maximum absolute atomic E-state index is 8.72. The Bertz CT molecular complexity index is 478. The summed E-state index contributed by atoms with van der Waals surface area (Å²) < 4.78 is 1.87. The number of rotatable bonds is 1. The van der Waals surface area contributed by atoms with Crippen molar-refractivity contribution in [3.05, 3.63) is 27.1 Å². The summed E-state index contributed by atoms with van der Waals surface area (Å²) in [6.07, 6.45) is 1.87. The highest BCUT2D eigenvalue weighted by atomic mass is 79.9. The van der Waals surface area contributed by atoms with E-state index in [-0.39, 0.29) is 5.54 Å². The van der Waals surface area contributed by atoms with E-state index in [9.17, 15) is 0 Å². The van der Waals surface area contributed by atoms with Gasteiger partial charge in [-0.2, -0.15) is 5.26 Å². The highest BCUT2D eigenvalue weighted by molar-refractivity contribution is 9.11. The van der Waals surface area contributed by atoms with Crippen LogP contribution in [0.2, 0.25) is 0 Å². The number of hydrogen-bond acceptors (Lipinski definition) is 2. The first-order chi connectivity index (χ1) is 8.30. The minimum Gasteiger partial charge on any atom is -0.325 e. The zero-order valence-corrected chi connectivity index (χ0v) is 13.6. The van der Waals surface area contributed by atoms with Crippen LogP contribution >= 0.6 is 31.9 Å². The predicted molar refractivity (Wildman–Crippen MR) is 81.4 cm³/mol. The molecule has 1 aromatic carbocycles. The molecule has 0 saturated carbocycles. The SMILES string of the molecule is CC(C)(C)N=C(NC#N)Nc1cc(Br)cc(Br)c1. The molecule has 0 spiro atoms. The second-order valence-corrected chi connectivity index (χ2v) is 6.48. The average molecular weight is 374 g/mol. The zero-order chi connectivity index (χ0) is 13.8. The highest BCUT2D eigenvalue weighted by Gasteiger charge is 2.10. The fourth-order valence-corrected chi connectivity index (χ4v) is 2.53. The molecule has 6 heteroatoms. The Morgan fingerprint density at radius 1 is 1.22 bits per heavy atom. The molecule has 0 saturated heterocycles. The number of anilines is 1. The van der Waals surface area contributed by atoms with Crippen LogP contribution in [0, 0.1) is 11.5 Å². The number of benzene rings is 1. The Morgan fingerprint density at radius 2 is 1.78 bits per heavy atom. The van der Waals surface area contributed by atoms with E-state index in [2.05, 4.69) is 47.5 Å². The number of guanidine groups is 1. The number of halogens is 2. The van der Waals surface area contributed by atoms with Gasteiger partial charge in [0.05, 0.1) is 5.54 Å². The molecule has 18 heavy (non-hydrogen) atoms. The molecule has 1 aromatic rings. The summed E-state index contributed by atoms with van der Waals surface area (Å²) in [5.41, 5.74) is 0.567. The van der Waals surface area contributed by atoms with Crippen molar-refractivity contribution < 1.29 is 0 Å². The fraction of sp³-hybridized carbons (Fsp3) is 0.333. The molecule has 1 rings (SSSR count). The maximum atomic E-state index is 8.72. The van der Waals surface area contributed by atoms with E-state index in [0.29, 0.717) is 5.96 Å². The monoisotopic (exact) mass is 372 g/mol. The molecule has 0 atom stereocenters. The van der Waals surface area contributed by atoms with Gasteiger partial charge in [0.25, 0.3) is 0 Å². The lowest BCUT2D eigenvalue weighted by atomic mass is 10.1. The summed E-state index contributed by atoms with van der Waals surface area (Å²) in [5, 5.41) is 14.3. The van der Waals surface area contributed by atoms with Gasteiger partial charge >= 0.3 is 0 Å². The molecular weight excluding hydrogens is 360 g/mol. The number of nitrogens with one attached hydrogen (secondary N) is 2. The first kappa shape index (κ1) is 15.0. The Kier molecular flexibility index (Phi) is 5.17. The van der Waals surface area contributed by atoms with Crippen LogP contribution in [0.4, 0.5) is 5.69 Å². The molecule has 4 nitrogen and oxygen atoms in total. The third kappa shape index (κ3) is 5.52. The standard InChI is InChI=1S/C12H14Br2N4/c1-12(2,3)18-11(16-7-15)17-10-5-8(13)4-9(14)6-10/h4-6H,1-3H3,(H2,16,17,18). The van der Waals surface area contributed by atoms with Crippen LogP contribution in [0.15, 0.2) is 32.1 Å². The van der Waals surface area contributed by atoms with Crippen LogP contribution in [0.25, 0.3) is 0 Å². The number of hydrogen-bond donors (Lipinski definition) is 2. The molecule has 2 N–H and O–H groups in total. The Morgan fingerprint density at radius 3 is 2.22 bits per heavy atom. The van der Waals surface area contributed by atoms with Crippen LogP contribution in [-0.4, -0.2) is 11.5 Å². The van der Waals surface area contributed by atoms with E-state index in [0.717, 1.165) is 14.6 Å². The molecule has 0 heterocycles. The third-order valence-corrected chi connectivity index (χ3v) is 2.66. The molecule has 0 fully saturated rings. The lowest BCUT2D eigenvalue weighted by molar-refractivity contribution is 0.581. The van der Waals surface area contributed by atoms with Gasteiger partial charge in [-0.05, 0) is 39.0 Å². The minimum atomic E-state index is -0.268. The Labute approximate surface area is 124 Å². The summed E-state index contributed by atoms with van der Waals surface area (Å²) in [6, 6.07) is 5.74. The summed E-state index contributed by atoms with van der Waals surface area (Å²) in [5.74, 6) is 0.426. The lowest BCUT2D eigenvalue weighted by Crippen LogP contribution is -2.30. The average Bonchev–Trinajstić information content (AvgIpc) is 2.12. The van der Waals surface area contributed by atoms with Gasteiger partial charge in [-0.15, -0.1) is 0 Å². The quantitative estimate of drug-likeness (QED) is 0.340. The van der Waals surface area contributed by atoms with Crippen molar-refractivity contribution in [3.8, 4) is 6.19 Å². The van der Waals surface area contributed by atoms with Crippen molar-refractivity contribution >= 4 is 43.5 Å². The first-order valence-electron chi connectivity index (χ1n) is 5.28. The smallest absolute Gasteiger partial charge is 0.209 e. The van der Waals surface area contributed by atoms with Gasteiger partial charge in [-0.25, -0.2) is 4.99 Å². The molecule has 0 radical (unpaired) electrons. The number of nitriles is 1. The van der Waals surface area contributed by atoms with Gasteiger partial charge in [0.15, 0.2) is 6.19 Å². The molecule has 0 aromatic heterocycles. The van der Waals surface area contributed by atoms with E-state index >= 15 is 0 Å². The van der Waals surface area contributed by atoms with Crippen molar-refractivity contribution in [3.63, 3.8) is 0 Å². The fourth-order valence-electron chi connectivity index (χ4n) is 1.24. The Balaban J connectivity index is 2.97. The number of aliphatic imine (C=N–C) groups is 1. The largest absolute Gasteiger partial charge is 0.325 e. The van der Waals surface area contributed by atoms with E-state index in [1.165, 1.54) is 0 Å². The van der Waals surface area contributed by atoms with Gasteiger partial charge in [0.2, 0.25) is 5.96 Å². The number of nitrogens with zero attached hydrogens (tertiary/aromatic N) is 2. The summed E-state index contributed by atoms with van der Waals surface area (Å²) in [7, 11) is 0. The second kappa shape index (κ2) is 6.21. The molecule has 0 aliphatic carbocycles. The summed E-state index contributed by atoms with van der Waals surface area (Å²) >= 11 is 6.82. The van der Waals surface area contributed by atoms with Gasteiger partial charge in [-0.1, -0.05) is 31.9 Å². The minimum absolute atomic E-state index is 0.268. The predicted octanol–water partition coefficient (Wildman–Crippen LogP) is 3.85. The van der Waals surface area contributed by atoms with Crippen molar-refractivity contribution in [2.75, 3.05) is 5.32 Å². The van der Waals surface area contributed by atoms with E-state index in [1.807, 2.05) is 45.2 Å². The second-order valence-electron chi connectivity index (χ2n) is 4.65. The molecule has 0 aliphatic rings. The van der Waals surface area contributed by atoms with E-state index < -0.39 is 0 Å². The van der Waals surface area contributed by atoms with Crippen molar-refractivity contribution in [1.29, 1.82) is 5.26 Å². The van der Waals surface area contributed by atoms with Crippen molar-refractivity contribution in [2.24, 2.45) is 4.99 Å². The summed E-state index contributed by atoms with van der Waals surface area (Å²) in [4.78, 5) is 4.39. The van der Waals surface area contributed by atoms with Crippen LogP contribution in [-0.2, 0) is 0 Å². The zero-order valence-electron chi connectivity index (χ0n) is 10.4. The van der Waals surface area contributed by atoms with Crippen molar-refractivity contribution in [2.45, 2.75) is 26.3 Å². The first-order valence-corrected chi connectivity index (χ1v) is 6.87. The maximum Gasteiger partial charge on any atom is 0.209 e. The van der Waals surface area contributed by atoms with Crippen LogP contribution in [0.5, 0.6) is 0 Å². The molecule has 0 bridgehead atoms. The molecule has 0 amide bonds. The van der Waals surface area contributed by atoms with E-state index in [4.69, 9.17) is 5.26 Å². The lowest BCUT2D eigenvalue weighted by Gasteiger charge is -2.16. The van der Waals surface area contributed by atoms with Gasteiger partial charge in [-0.3, -0.25) is 5.32 Å². The van der Waals surface area contributed by atoms with Crippen LogP contribution in [0.1, 0.15) is 20.8 Å². The third-order valence-electron chi connectivity index (χ3n) is 1.75. The van der Waals surface area contributed by atoms with Gasteiger partial charge in [0.1, 0.15) is 0 Å². The molecule has 96 valence electrons. The molecule has 0 unspecified atom stereocenters. The van der Waals surface area contributed by atoms with E-state index in [1.54, 1.807) is 0 Å². The molecule has 0 aliphatic heterocycles. The Hall–Kier alpha value is -1.06. The topological polar surface area (TPSA) is 60.2 Å². The normalized spacial score (nSPS) is 11.9. The van der Waals surface area contributed by atoms with Crippen LogP contribution in [0.3, 0.4) is 0 Å². The van der Waals surface area contributed by atoms with Gasteiger partial charge < -0.3 is 5.32 Å². The van der Waals surface area contributed by atoms with Crippen LogP contribution < -0.4 is 10.6 Å². The summed E-state index contributed by atoms with van der Waals surface area (Å²) in [6.45, 7) is 5.89. The molecular formula is C12H14Br2N4.